The number of hydrogen-bond acceptors (Lipinski definition) is 7. The van der Waals surface area contributed by atoms with Crippen LogP contribution >= 0.6 is 11.8 Å². The van der Waals surface area contributed by atoms with Gasteiger partial charge in [0.15, 0.2) is 5.78 Å². The number of oxime groups is 1. The van der Waals surface area contributed by atoms with Gasteiger partial charge in [0.05, 0.1) is 0 Å². The van der Waals surface area contributed by atoms with Crippen molar-refractivity contribution in [3.8, 4) is 0 Å². The first-order chi connectivity index (χ1) is 18.5. The van der Waals surface area contributed by atoms with Crippen LogP contribution in [-0.2, 0) is 9.63 Å². The lowest BCUT2D eigenvalue weighted by atomic mass is 9.99. The topological polar surface area (TPSA) is 76.0 Å². The van der Waals surface area contributed by atoms with Crippen LogP contribution in [0.3, 0.4) is 0 Å². The standard InChI is InChI=1S/C32H36N2O4S/c1-7-8-13-28(33-38-31(37)32(3,4)34(5)6)30(36)24-16-20-26(21-17-24)39-25-18-14-23(15-19-25)29(35)27-12-10-9-11-22(27)2/h9-12,14-21H,7-8,13H2,1-6H3. The second-order valence-electron chi connectivity index (χ2n) is 10.1. The van der Waals surface area contributed by atoms with E-state index in [1.54, 1.807) is 56.7 Å². The molecule has 0 amide bonds. The first-order valence-corrected chi connectivity index (χ1v) is 13.8. The number of benzene rings is 3. The van der Waals surface area contributed by atoms with Crippen LogP contribution < -0.4 is 0 Å². The number of carbonyl (C=O) groups excluding carboxylic acids is 3. The molecule has 0 saturated carbocycles. The van der Waals surface area contributed by atoms with E-state index in [-0.39, 0.29) is 17.3 Å². The number of nitrogens with zero attached hydrogens (tertiary/aromatic N) is 2. The van der Waals surface area contributed by atoms with E-state index in [1.807, 2.05) is 74.5 Å². The summed E-state index contributed by atoms with van der Waals surface area (Å²) in [5, 5.41) is 3.98. The molecule has 7 heteroatoms. The summed E-state index contributed by atoms with van der Waals surface area (Å²) in [7, 11) is 3.57. The van der Waals surface area contributed by atoms with E-state index in [1.165, 1.54) is 0 Å². The lowest BCUT2D eigenvalue weighted by molar-refractivity contribution is -0.154. The van der Waals surface area contributed by atoms with E-state index < -0.39 is 11.5 Å². The van der Waals surface area contributed by atoms with Gasteiger partial charge in [-0.1, -0.05) is 54.5 Å². The summed E-state index contributed by atoms with van der Waals surface area (Å²) in [5.41, 5.74) is 2.14. The molecule has 0 heterocycles. The molecule has 0 aliphatic carbocycles. The van der Waals surface area contributed by atoms with Gasteiger partial charge in [0.1, 0.15) is 11.3 Å². The Balaban J connectivity index is 1.69. The van der Waals surface area contributed by atoms with Crippen molar-refractivity contribution in [1.82, 2.24) is 4.90 Å². The van der Waals surface area contributed by atoms with E-state index >= 15 is 0 Å². The quantitative estimate of drug-likeness (QED) is 0.106. The van der Waals surface area contributed by atoms with Gasteiger partial charge in [-0.3, -0.25) is 14.5 Å². The molecule has 0 aliphatic rings. The van der Waals surface area contributed by atoms with Crippen molar-refractivity contribution in [2.75, 3.05) is 14.1 Å². The Morgan fingerprint density at radius 3 is 1.97 bits per heavy atom. The molecule has 0 radical (unpaired) electrons. The Labute approximate surface area is 235 Å². The van der Waals surface area contributed by atoms with E-state index in [0.29, 0.717) is 23.1 Å². The predicted octanol–water partition coefficient (Wildman–Crippen LogP) is 6.99. The summed E-state index contributed by atoms with van der Waals surface area (Å²) in [6.07, 6.45) is 2.07. The molecular weight excluding hydrogens is 508 g/mol. The van der Waals surface area contributed by atoms with Gasteiger partial charge >= 0.3 is 5.97 Å². The smallest absolute Gasteiger partial charge is 0.316 e. The van der Waals surface area contributed by atoms with Gasteiger partial charge in [-0.05, 0) is 102 Å². The number of unbranched alkanes of at least 4 members (excludes halogenated alkanes) is 1. The summed E-state index contributed by atoms with van der Waals surface area (Å²) < 4.78 is 0. The summed E-state index contributed by atoms with van der Waals surface area (Å²) in [5.74, 6) is -0.772. The molecule has 0 aliphatic heterocycles. The summed E-state index contributed by atoms with van der Waals surface area (Å²) in [4.78, 5) is 47.4. The van der Waals surface area contributed by atoms with Crippen LogP contribution in [0.4, 0.5) is 0 Å². The van der Waals surface area contributed by atoms with Gasteiger partial charge < -0.3 is 4.84 Å². The predicted molar refractivity (Wildman–Crippen MR) is 157 cm³/mol. The molecule has 0 unspecified atom stereocenters. The maximum Gasteiger partial charge on any atom is 0.354 e. The molecule has 0 atom stereocenters. The van der Waals surface area contributed by atoms with Crippen molar-refractivity contribution in [2.24, 2.45) is 5.16 Å². The third kappa shape index (κ3) is 7.74. The molecule has 0 bridgehead atoms. The number of Topliss-reactive ketones (excluding diaryl/α,β-unsaturated/α-hetero) is 1. The van der Waals surface area contributed by atoms with E-state index in [4.69, 9.17) is 4.84 Å². The molecule has 3 aromatic carbocycles. The summed E-state index contributed by atoms with van der Waals surface area (Å²) >= 11 is 1.54. The highest BCUT2D eigenvalue weighted by molar-refractivity contribution is 7.99. The maximum absolute atomic E-state index is 13.2. The Bertz CT molecular complexity index is 1340. The Kier molecular flexibility index (Phi) is 10.4. The van der Waals surface area contributed by atoms with E-state index in [2.05, 4.69) is 5.16 Å². The average Bonchev–Trinajstić information content (AvgIpc) is 2.93. The highest BCUT2D eigenvalue weighted by atomic mass is 32.2. The minimum Gasteiger partial charge on any atom is -0.316 e. The van der Waals surface area contributed by atoms with Crippen molar-refractivity contribution < 1.29 is 19.2 Å². The molecule has 0 saturated heterocycles. The van der Waals surface area contributed by atoms with Crippen molar-refractivity contribution in [3.63, 3.8) is 0 Å². The zero-order chi connectivity index (χ0) is 28.6. The second kappa shape index (κ2) is 13.5. The number of carbonyl (C=O) groups is 3. The zero-order valence-electron chi connectivity index (χ0n) is 23.5. The number of likely N-dealkylation sites (N-methyl/N-ethyl adjacent to an activating group) is 1. The first-order valence-electron chi connectivity index (χ1n) is 13.0. The number of hydrogen-bond donors (Lipinski definition) is 0. The molecule has 3 rings (SSSR count). The van der Waals surface area contributed by atoms with Gasteiger partial charge in [0.2, 0.25) is 5.78 Å². The molecule has 204 valence electrons. The molecule has 6 nitrogen and oxygen atoms in total. The fraction of sp³-hybridized carbons (Fsp3) is 0.312. The molecule has 39 heavy (non-hydrogen) atoms. The normalized spacial score (nSPS) is 11.9. The van der Waals surface area contributed by atoms with Crippen molar-refractivity contribution in [2.45, 2.75) is 62.3 Å². The fourth-order valence-corrected chi connectivity index (χ4v) is 4.39. The number of rotatable bonds is 12. The van der Waals surface area contributed by atoms with Gasteiger partial charge in [-0.25, -0.2) is 4.79 Å². The van der Waals surface area contributed by atoms with Crippen molar-refractivity contribution in [3.05, 3.63) is 95.1 Å². The third-order valence-electron chi connectivity index (χ3n) is 6.74. The number of ketones is 2. The second-order valence-corrected chi connectivity index (χ2v) is 11.2. The highest BCUT2D eigenvalue weighted by Gasteiger charge is 2.32. The van der Waals surface area contributed by atoms with Crippen LogP contribution in [0.25, 0.3) is 0 Å². The van der Waals surface area contributed by atoms with Crippen LogP contribution in [0, 0.1) is 6.92 Å². The Morgan fingerprint density at radius 1 is 0.872 bits per heavy atom. The van der Waals surface area contributed by atoms with Crippen molar-refractivity contribution >= 4 is 35.0 Å². The van der Waals surface area contributed by atoms with Gasteiger partial charge in [0.25, 0.3) is 0 Å². The minimum absolute atomic E-state index is 0.00372. The SMILES string of the molecule is CCCCC(=NOC(=O)C(C)(C)N(C)C)C(=O)c1ccc(Sc2ccc(C(=O)c3ccccc3C)cc2)cc1. The summed E-state index contributed by atoms with van der Waals surface area (Å²) in [6.45, 7) is 7.44. The van der Waals surface area contributed by atoms with Gasteiger partial charge in [-0.2, -0.15) is 0 Å². The summed E-state index contributed by atoms with van der Waals surface area (Å²) in [6, 6.07) is 22.4. The Morgan fingerprint density at radius 2 is 1.44 bits per heavy atom. The third-order valence-corrected chi connectivity index (χ3v) is 7.76. The largest absolute Gasteiger partial charge is 0.354 e. The lowest BCUT2D eigenvalue weighted by Crippen LogP contribution is -2.46. The van der Waals surface area contributed by atoms with Crippen LogP contribution in [0.5, 0.6) is 0 Å². The van der Waals surface area contributed by atoms with Crippen LogP contribution in [0.1, 0.15) is 71.9 Å². The highest BCUT2D eigenvalue weighted by Crippen LogP contribution is 2.29. The van der Waals surface area contributed by atoms with Crippen molar-refractivity contribution in [1.29, 1.82) is 0 Å². The van der Waals surface area contributed by atoms with E-state index in [0.717, 1.165) is 28.2 Å². The van der Waals surface area contributed by atoms with Crippen LogP contribution in [-0.4, -0.2) is 47.8 Å². The molecular formula is C32H36N2O4S. The zero-order valence-corrected chi connectivity index (χ0v) is 24.3. The van der Waals surface area contributed by atoms with Gasteiger partial charge in [0, 0.05) is 26.5 Å². The monoisotopic (exact) mass is 544 g/mol. The minimum atomic E-state index is -0.868. The van der Waals surface area contributed by atoms with E-state index in [9.17, 15) is 14.4 Å². The Hall–Kier alpha value is -3.55. The van der Waals surface area contributed by atoms with Gasteiger partial charge in [-0.15, -0.1) is 0 Å². The first kappa shape index (κ1) is 30.0. The molecule has 3 aromatic rings. The maximum atomic E-state index is 13.2. The fourth-order valence-electron chi connectivity index (χ4n) is 3.57. The van der Waals surface area contributed by atoms with Crippen LogP contribution in [0.2, 0.25) is 0 Å². The molecule has 0 spiro atoms. The molecule has 0 N–H and O–H groups in total. The molecule has 0 aromatic heterocycles. The molecule has 0 fully saturated rings. The lowest BCUT2D eigenvalue weighted by Gasteiger charge is -2.28. The average molecular weight is 545 g/mol. The van der Waals surface area contributed by atoms with Crippen LogP contribution in [0.15, 0.2) is 87.7 Å². The number of aryl methyl sites for hydroxylation is 1.